The van der Waals surface area contributed by atoms with Gasteiger partial charge in [0.25, 0.3) is 0 Å². The second-order valence-corrected chi connectivity index (χ2v) is 1.01. The Morgan fingerprint density at radius 1 is 1.40 bits per heavy atom. The molecule has 3 nitrogen and oxygen atoms in total. The molecule has 0 spiro atoms. The van der Waals surface area contributed by atoms with Crippen molar-refractivity contribution in [2.75, 3.05) is 7.11 Å². The molecule has 0 aliphatic heterocycles. The van der Waals surface area contributed by atoms with Crippen LogP contribution in [0.15, 0.2) is 22.1 Å². The quantitative estimate of drug-likeness (QED) is 0.437. The minimum Gasteiger partial charge on any atom is -0.480 e. The van der Waals surface area contributed by atoms with Crippen LogP contribution in [0.25, 0.3) is 0 Å². The number of hydrogen-bond donors (Lipinski definition) is 0. The van der Waals surface area contributed by atoms with E-state index in [2.05, 4.69) is 28.2 Å². The van der Waals surface area contributed by atoms with Gasteiger partial charge in [-0.25, -0.2) is 4.99 Å². The zero-order valence-electron chi connectivity index (χ0n) is 6.79. The van der Waals surface area contributed by atoms with Crippen molar-refractivity contribution in [2.45, 2.75) is 13.8 Å². The van der Waals surface area contributed by atoms with Crippen LogP contribution in [0.3, 0.4) is 0 Å². The number of hydrogen-bond acceptors (Lipinski definition) is 3. The van der Waals surface area contributed by atoms with E-state index in [1.807, 2.05) is 13.8 Å². The van der Waals surface area contributed by atoms with Gasteiger partial charge < -0.3 is 4.74 Å². The van der Waals surface area contributed by atoms with Gasteiger partial charge in [-0.05, 0) is 13.4 Å². The Hall–Kier alpha value is -1.12. The lowest BCUT2D eigenvalue weighted by molar-refractivity contribution is 0.288. The Morgan fingerprint density at radius 3 is 2.00 bits per heavy atom. The highest BCUT2D eigenvalue weighted by Crippen LogP contribution is 1.93. The Balaban J connectivity index is 0. The van der Waals surface area contributed by atoms with E-state index in [9.17, 15) is 0 Å². The van der Waals surface area contributed by atoms with E-state index in [-0.39, 0.29) is 0 Å². The highest BCUT2D eigenvalue weighted by atomic mass is 16.5. The zero-order chi connectivity index (χ0) is 8.41. The minimum absolute atomic E-state index is 0.375. The molecule has 0 aliphatic rings. The van der Waals surface area contributed by atoms with Gasteiger partial charge >= 0.3 is 0 Å². The average Bonchev–Trinajstić information content (AvgIpc) is 2.04. The fourth-order valence-electron chi connectivity index (χ4n) is 0.236. The van der Waals surface area contributed by atoms with E-state index in [1.54, 1.807) is 0 Å². The monoisotopic (exact) mass is 142 g/mol. The molecular formula is C7H14N2O. The summed E-state index contributed by atoms with van der Waals surface area (Å²) in [4.78, 5) is 6.86. The van der Waals surface area contributed by atoms with Crippen molar-refractivity contribution in [2.24, 2.45) is 9.98 Å². The molecule has 58 valence electrons. The van der Waals surface area contributed by atoms with E-state index < -0.39 is 0 Å². The van der Waals surface area contributed by atoms with Crippen molar-refractivity contribution in [1.29, 1.82) is 0 Å². The van der Waals surface area contributed by atoms with Crippen LogP contribution in [-0.2, 0) is 4.74 Å². The molecule has 0 saturated heterocycles. The van der Waals surface area contributed by atoms with Gasteiger partial charge in [-0.15, -0.1) is 0 Å². The molecule has 3 heteroatoms. The lowest BCUT2D eigenvalue weighted by Crippen LogP contribution is -1.77. The summed E-state index contributed by atoms with van der Waals surface area (Å²) in [6.07, 6.45) is 1.38. The molecule has 10 heavy (non-hydrogen) atoms. The zero-order valence-corrected chi connectivity index (χ0v) is 6.79. The maximum atomic E-state index is 4.64. The summed E-state index contributed by atoms with van der Waals surface area (Å²) in [5, 5.41) is 0. The SMILES string of the molecule is C=N/C=C(\N=C)OC.CC. The summed E-state index contributed by atoms with van der Waals surface area (Å²) in [6, 6.07) is 0. The first-order chi connectivity index (χ1) is 4.85. The van der Waals surface area contributed by atoms with Gasteiger partial charge in [-0.3, -0.25) is 4.99 Å². The number of rotatable bonds is 3. The van der Waals surface area contributed by atoms with Crippen LogP contribution in [0.2, 0.25) is 0 Å². The average molecular weight is 142 g/mol. The van der Waals surface area contributed by atoms with Crippen molar-refractivity contribution >= 4 is 13.4 Å². The van der Waals surface area contributed by atoms with E-state index in [1.165, 1.54) is 13.3 Å². The molecule has 0 amide bonds. The Kier molecular flexibility index (Phi) is 12.6. The molecule has 0 saturated carbocycles. The van der Waals surface area contributed by atoms with E-state index in [0.717, 1.165) is 0 Å². The molecule has 0 heterocycles. The summed E-state index contributed by atoms with van der Waals surface area (Å²) < 4.78 is 4.64. The number of nitrogens with zero attached hydrogens (tertiary/aromatic N) is 2. The highest BCUT2D eigenvalue weighted by Gasteiger charge is 1.81. The summed E-state index contributed by atoms with van der Waals surface area (Å²) in [7, 11) is 1.49. The third kappa shape index (κ3) is 6.88. The highest BCUT2D eigenvalue weighted by molar-refractivity contribution is 5.29. The van der Waals surface area contributed by atoms with Crippen LogP contribution in [0.5, 0.6) is 0 Å². The molecule has 0 rings (SSSR count). The predicted molar refractivity (Wildman–Crippen MR) is 45.5 cm³/mol. The molecule has 0 radical (unpaired) electrons. The summed E-state index contributed by atoms with van der Waals surface area (Å²) in [5.41, 5.74) is 0. The Bertz CT molecular complexity index is 119. The van der Waals surface area contributed by atoms with E-state index in [4.69, 9.17) is 0 Å². The van der Waals surface area contributed by atoms with Gasteiger partial charge in [-0.1, -0.05) is 13.8 Å². The Morgan fingerprint density at radius 2 is 1.90 bits per heavy atom. The third-order valence-corrected chi connectivity index (χ3v) is 0.567. The topological polar surface area (TPSA) is 34.0 Å². The van der Waals surface area contributed by atoms with Gasteiger partial charge in [0.2, 0.25) is 5.88 Å². The van der Waals surface area contributed by atoms with Gasteiger partial charge in [0.1, 0.15) is 0 Å². The molecule has 0 N–H and O–H groups in total. The maximum absolute atomic E-state index is 4.64. The second-order valence-electron chi connectivity index (χ2n) is 1.01. The summed E-state index contributed by atoms with van der Waals surface area (Å²) >= 11 is 0. The van der Waals surface area contributed by atoms with Crippen LogP contribution < -0.4 is 0 Å². The van der Waals surface area contributed by atoms with Crippen LogP contribution in [0.1, 0.15) is 13.8 Å². The molecule has 0 aromatic rings. The van der Waals surface area contributed by atoms with E-state index >= 15 is 0 Å². The van der Waals surface area contributed by atoms with Crippen molar-refractivity contribution < 1.29 is 4.74 Å². The number of aliphatic imine (C=N–C) groups is 2. The van der Waals surface area contributed by atoms with Crippen LogP contribution >= 0.6 is 0 Å². The largest absolute Gasteiger partial charge is 0.480 e. The molecular weight excluding hydrogens is 128 g/mol. The maximum Gasteiger partial charge on any atom is 0.231 e. The van der Waals surface area contributed by atoms with Crippen molar-refractivity contribution in [1.82, 2.24) is 0 Å². The van der Waals surface area contributed by atoms with Crippen LogP contribution in [0, 0.1) is 0 Å². The van der Waals surface area contributed by atoms with Crippen molar-refractivity contribution in [3.05, 3.63) is 12.1 Å². The smallest absolute Gasteiger partial charge is 0.231 e. The van der Waals surface area contributed by atoms with Crippen molar-refractivity contribution in [3.63, 3.8) is 0 Å². The molecule has 0 aromatic carbocycles. The summed E-state index contributed by atoms with van der Waals surface area (Å²) in [5.74, 6) is 0.375. The molecule has 0 unspecified atom stereocenters. The van der Waals surface area contributed by atoms with Gasteiger partial charge in [0.05, 0.1) is 13.3 Å². The molecule has 0 bridgehead atoms. The lowest BCUT2D eigenvalue weighted by Gasteiger charge is -1.92. The van der Waals surface area contributed by atoms with Gasteiger partial charge in [0, 0.05) is 0 Å². The summed E-state index contributed by atoms with van der Waals surface area (Å²) in [6.45, 7) is 10.4. The normalized spacial score (nSPS) is 8.90. The fraction of sp³-hybridized carbons (Fsp3) is 0.429. The van der Waals surface area contributed by atoms with Gasteiger partial charge in [-0.2, -0.15) is 0 Å². The Labute approximate surface area is 62.1 Å². The van der Waals surface area contributed by atoms with E-state index in [0.29, 0.717) is 5.88 Å². The predicted octanol–water partition coefficient (Wildman–Crippen LogP) is 1.86. The number of methoxy groups -OCH3 is 1. The van der Waals surface area contributed by atoms with Crippen LogP contribution in [-0.4, -0.2) is 20.5 Å². The van der Waals surface area contributed by atoms with Crippen LogP contribution in [0.4, 0.5) is 0 Å². The molecule has 0 atom stereocenters. The first-order valence-corrected chi connectivity index (χ1v) is 3.02. The molecule has 0 aliphatic carbocycles. The standard InChI is InChI=1S/C5H8N2O.C2H6/c1-6-4-5(7-2)8-3;1-2/h4H,1-2H2,3H3;1-2H3/b5-4+;. The lowest BCUT2D eigenvalue weighted by atomic mass is 10.8. The fourth-order valence-corrected chi connectivity index (χ4v) is 0.236. The first kappa shape index (κ1) is 11.6. The first-order valence-electron chi connectivity index (χ1n) is 3.02. The number of ether oxygens (including phenoxy) is 1. The van der Waals surface area contributed by atoms with Crippen molar-refractivity contribution in [3.8, 4) is 0 Å². The second kappa shape index (κ2) is 10.8. The molecule has 0 aromatic heterocycles. The van der Waals surface area contributed by atoms with Gasteiger partial charge in [0.15, 0.2) is 0 Å². The molecule has 0 fully saturated rings. The third-order valence-electron chi connectivity index (χ3n) is 0.567. The minimum atomic E-state index is 0.375.